The second kappa shape index (κ2) is 6.78. The summed E-state index contributed by atoms with van der Waals surface area (Å²) in [6.07, 6.45) is 0. The Morgan fingerprint density at radius 3 is 2.42 bits per heavy atom. The van der Waals surface area contributed by atoms with Crippen LogP contribution in [0.15, 0.2) is 29.4 Å². The van der Waals surface area contributed by atoms with Crippen LogP contribution < -0.4 is 11.1 Å². The van der Waals surface area contributed by atoms with Crippen molar-refractivity contribution in [3.05, 3.63) is 35.4 Å². The predicted octanol–water partition coefficient (Wildman–Crippen LogP) is 1.63. The van der Waals surface area contributed by atoms with Crippen molar-refractivity contribution in [1.82, 2.24) is 5.32 Å². The van der Waals surface area contributed by atoms with Crippen molar-refractivity contribution in [3.63, 3.8) is 0 Å². The fraction of sp³-hybridized carbons (Fsp3) is 0.429. The third kappa shape index (κ3) is 4.28. The van der Waals surface area contributed by atoms with Gasteiger partial charge in [-0.2, -0.15) is 0 Å². The lowest BCUT2D eigenvalue weighted by Crippen LogP contribution is -2.41. The molecule has 0 fully saturated rings. The number of hydrogen-bond acceptors (Lipinski definition) is 3. The molecular formula is C14H21N3O2. The summed E-state index contributed by atoms with van der Waals surface area (Å²) in [5.74, 6) is -0.938. The van der Waals surface area contributed by atoms with E-state index in [0.717, 1.165) is 5.56 Å². The van der Waals surface area contributed by atoms with Crippen molar-refractivity contribution in [2.24, 2.45) is 22.7 Å². The van der Waals surface area contributed by atoms with Crippen LogP contribution in [0.4, 0.5) is 0 Å². The number of nitrogens with zero attached hydrogens (tertiary/aromatic N) is 1. The van der Waals surface area contributed by atoms with Crippen molar-refractivity contribution >= 4 is 11.7 Å². The third-order valence-corrected chi connectivity index (χ3v) is 2.97. The van der Waals surface area contributed by atoms with Gasteiger partial charge in [-0.15, -0.1) is 0 Å². The van der Waals surface area contributed by atoms with E-state index in [0.29, 0.717) is 6.54 Å². The number of amides is 1. The molecule has 0 saturated carbocycles. The molecule has 0 aliphatic rings. The van der Waals surface area contributed by atoms with Crippen molar-refractivity contribution in [2.45, 2.75) is 27.3 Å². The van der Waals surface area contributed by atoms with E-state index < -0.39 is 5.92 Å². The molecule has 0 spiro atoms. The van der Waals surface area contributed by atoms with Crippen LogP contribution in [0.1, 0.15) is 25.0 Å². The predicted molar refractivity (Wildman–Crippen MR) is 74.8 cm³/mol. The zero-order chi connectivity index (χ0) is 14.4. The molecule has 1 aromatic rings. The fourth-order valence-corrected chi connectivity index (χ4v) is 1.85. The van der Waals surface area contributed by atoms with Crippen LogP contribution in [0.5, 0.6) is 0 Å². The molecule has 0 bridgehead atoms. The Labute approximate surface area is 113 Å². The summed E-state index contributed by atoms with van der Waals surface area (Å²) >= 11 is 0. The highest BCUT2D eigenvalue weighted by molar-refractivity contribution is 6.02. The first kappa shape index (κ1) is 15.0. The van der Waals surface area contributed by atoms with E-state index >= 15 is 0 Å². The molecule has 5 nitrogen and oxygen atoms in total. The molecule has 1 aromatic carbocycles. The quantitative estimate of drug-likeness (QED) is 0.326. The number of hydrogen-bond donors (Lipinski definition) is 3. The number of rotatable bonds is 5. The van der Waals surface area contributed by atoms with Gasteiger partial charge >= 0.3 is 0 Å². The molecule has 19 heavy (non-hydrogen) atoms. The molecule has 0 saturated heterocycles. The summed E-state index contributed by atoms with van der Waals surface area (Å²) in [4.78, 5) is 12.0. The second-order valence-corrected chi connectivity index (χ2v) is 4.95. The number of nitrogens with two attached hydrogens (primary N) is 1. The molecule has 1 unspecified atom stereocenters. The normalized spacial score (nSPS) is 13.4. The lowest BCUT2D eigenvalue weighted by Gasteiger charge is -2.18. The van der Waals surface area contributed by atoms with E-state index in [-0.39, 0.29) is 17.7 Å². The van der Waals surface area contributed by atoms with Crippen LogP contribution in [0.25, 0.3) is 0 Å². The van der Waals surface area contributed by atoms with Crippen LogP contribution in [0.3, 0.4) is 0 Å². The van der Waals surface area contributed by atoms with Crippen molar-refractivity contribution < 1.29 is 10.0 Å². The van der Waals surface area contributed by atoms with Gasteiger partial charge in [0.1, 0.15) is 5.92 Å². The largest absolute Gasteiger partial charge is 0.409 e. The van der Waals surface area contributed by atoms with Crippen LogP contribution in [-0.4, -0.2) is 17.0 Å². The fourth-order valence-electron chi connectivity index (χ4n) is 1.85. The van der Waals surface area contributed by atoms with Crippen molar-refractivity contribution in [1.29, 1.82) is 0 Å². The van der Waals surface area contributed by atoms with E-state index in [1.54, 1.807) is 0 Å². The summed E-state index contributed by atoms with van der Waals surface area (Å²) in [6, 6.07) is 7.91. The average Bonchev–Trinajstić information content (AvgIpc) is 2.37. The Morgan fingerprint density at radius 1 is 1.37 bits per heavy atom. The van der Waals surface area contributed by atoms with E-state index in [2.05, 4.69) is 10.5 Å². The van der Waals surface area contributed by atoms with Gasteiger partial charge in [-0.3, -0.25) is 4.79 Å². The summed E-state index contributed by atoms with van der Waals surface area (Å²) in [5, 5.41) is 14.4. The maximum absolute atomic E-state index is 12.0. The van der Waals surface area contributed by atoms with Gasteiger partial charge in [0.05, 0.1) is 0 Å². The number of carbonyl (C=O) groups excluding carboxylic acids is 1. The van der Waals surface area contributed by atoms with Gasteiger partial charge in [0, 0.05) is 6.54 Å². The van der Waals surface area contributed by atoms with Crippen LogP contribution >= 0.6 is 0 Å². The first-order valence-electron chi connectivity index (χ1n) is 6.26. The summed E-state index contributed by atoms with van der Waals surface area (Å²) in [6.45, 7) is 6.15. The average molecular weight is 263 g/mol. The minimum Gasteiger partial charge on any atom is -0.409 e. The Morgan fingerprint density at radius 2 is 1.95 bits per heavy atom. The third-order valence-electron chi connectivity index (χ3n) is 2.97. The first-order chi connectivity index (χ1) is 8.95. The molecule has 104 valence electrons. The molecule has 0 aromatic heterocycles. The number of oxime groups is 1. The summed E-state index contributed by atoms with van der Waals surface area (Å²) < 4.78 is 0. The lowest BCUT2D eigenvalue weighted by molar-refractivity contribution is -0.124. The van der Waals surface area contributed by atoms with E-state index in [1.807, 2.05) is 45.0 Å². The first-order valence-corrected chi connectivity index (χ1v) is 6.26. The van der Waals surface area contributed by atoms with E-state index in [4.69, 9.17) is 10.9 Å². The lowest BCUT2D eigenvalue weighted by atomic mass is 9.94. The summed E-state index contributed by atoms with van der Waals surface area (Å²) in [5.41, 5.74) is 7.73. The molecule has 1 amide bonds. The molecule has 0 radical (unpaired) electrons. The van der Waals surface area contributed by atoms with Crippen LogP contribution in [0.2, 0.25) is 0 Å². The molecule has 1 atom stereocenters. The van der Waals surface area contributed by atoms with Crippen LogP contribution in [-0.2, 0) is 11.3 Å². The molecule has 4 N–H and O–H groups in total. The maximum atomic E-state index is 12.0. The topological polar surface area (TPSA) is 87.7 Å². The molecule has 0 aliphatic heterocycles. The van der Waals surface area contributed by atoms with Gasteiger partial charge in [-0.05, 0) is 18.4 Å². The highest BCUT2D eigenvalue weighted by Gasteiger charge is 2.26. The standard InChI is InChI=1S/C14H21N3O2/c1-9(2)12(13(15)17-19)14(18)16-8-11-6-4-10(3)5-7-11/h4-7,9,12,19H,8H2,1-3H3,(H2,15,17)(H,16,18). The zero-order valence-corrected chi connectivity index (χ0v) is 11.6. The molecular weight excluding hydrogens is 242 g/mol. The van der Waals surface area contributed by atoms with Crippen LogP contribution in [0, 0.1) is 18.8 Å². The van der Waals surface area contributed by atoms with Gasteiger partial charge < -0.3 is 16.3 Å². The van der Waals surface area contributed by atoms with E-state index in [9.17, 15) is 4.79 Å². The second-order valence-electron chi connectivity index (χ2n) is 4.95. The van der Waals surface area contributed by atoms with Crippen molar-refractivity contribution in [2.75, 3.05) is 0 Å². The number of benzene rings is 1. The number of nitrogens with one attached hydrogen (secondary N) is 1. The minimum atomic E-state index is -0.615. The zero-order valence-electron chi connectivity index (χ0n) is 11.6. The van der Waals surface area contributed by atoms with E-state index in [1.165, 1.54) is 5.56 Å². The number of carbonyl (C=O) groups is 1. The van der Waals surface area contributed by atoms with Gasteiger partial charge in [0.15, 0.2) is 5.84 Å². The Bertz CT molecular complexity index is 452. The maximum Gasteiger partial charge on any atom is 0.231 e. The van der Waals surface area contributed by atoms with Gasteiger partial charge in [-0.25, -0.2) is 0 Å². The number of aryl methyl sites for hydroxylation is 1. The highest BCUT2D eigenvalue weighted by Crippen LogP contribution is 2.12. The highest BCUT2D eigenvalue weighted by atomic mass is 16.4. The Balaban J connectivity index is 2.65. The van der Waals surface area contributed by atoms with Gasteiger partial charge in [-0.1, -0.05) is 48.8 Å². The van der Waals surface area contributed by atoms with Crippen molar-refractivity contribution in [3.8, 4) is 0 Å². The molecule has 5 heteroatoms. The Kier molecular flexibility index (Phi) is 5.36. The SMILES string of the molecule is Cc1ccc(CNC(=O)C(C(N)=NO)C(C)C)cc1. The Hall–Kier alpha value is -2.04. The molecule has 0 heterocycles. The smallest absolute Gasteiger partial charge is 0.231 e. The summed E-state index contributed by atoms with van der Waals surface area (Å²) in [7, 11) is 0. The monoisotopic (exact) mass is 263 g/mol. The number of amidine groups is 1. The van der Waals surface area contributed by atoms with Gasteiger partial charge in [0.2, 0.25) is 5.91 Å². The van der Waals surface area contributed by atoms with Gasteiger partial charge in [0.25, 0.3) is 0 Å². The molecule has 1 rings (SSSR count). The molecule has 0 aliphatic carbocycles. The minimum absolute atomic E-state index is 0.0334.